The second-order valence-electron chi connectivity index (χ2n) is 6.09. The Hall–Kier alpha value is -1.14. The molecule has 2 heterocycles. The van der Waals surface area contributed by atoms with Gasteiger partial charge in [0.05, 0.1) is 19.2 Å². The minimum absolute atomic E-state index is 0.0500. The zero-order chi connectivity index (χ0) is 14.1. The topological polar surface area (TPSA) is 78.9 Å². The lowest BCUT2D eigenvalue weighted by molar-refractivity contribution is -0.159. The molecule has 0 spiro atoms. The maximum atomic E-state index is 12.5. The SMILES string of the molecule is O=C(O)C1CN(C(=O)C2CC3CCCCC3N2)CCO1. The van der Waals surface area contributed by atoms with E-state index in [1.54, 1.807) is 4.90 Å². The molecule has 0 radical (unpaired) electrons. The largest absolute Gasteiger partial charge is 0.479 e. The molecule has 2 N–H and O–H groups in total. The standard InChI is InChI=1S/C14H22N2O4/c17-13(16-5-6-20-12(8-16)14(18)19)11-7-9-3-1-2-4-10(9)15-11/h9-12,15H,1-8H2,(H,18,19). The number of morpholine rings is 1. The average molecular weight is 282 g/mol. The Labute approximate surface area is 118 Å². The van der Waals surface area contributed by atoms with Gasteiger partial charge in [0, 0.05) is 12.6 Å². The molecule has 3 aliphatic rings. The fourth-order valence-corrected chi connectivity index (χ4v) is 3.73. The summed E-state index contributed by atoms with van der Waals surface area (Å²) in [5.74, 6) is -0.321. The molecular formula is C14H22N2O4. The van der Waals surface area contributed by atoms with Crippen LogP contribution in [0.3, 0.4) is 0 Å². The first-order valence-corrected chi connectivity index (χ1v) is 7.54. The number of amides is 1. The summed E-state index contributed by atoms with van der Waals surface area (Å²) in [6, 6.07) is 0.352. The normalized spacial score (nSPS) is 37.5. The molecule has 1 saturated carbocycles. The van der Waals surface area contributed by atoms with Crippen molar-refractivity contribution in [1.29, 1.82) is 0 Å². The predicted molar refractivity (Wildman–Crippen MR) is 71.2 cm³/mol. The highest BCUT2D eigenvalue weighted by atomic mass is 16.5. The van der Waals surface area contributed by atoms with Crippen molar-refractivity contribution in [3.05, 3.63) is 0 Å². The van der Waals surface area contributed by atoms with Crippen molar-refractivity contribution in [2.45, 2.75) is 50.3 Å². The monoisotopic (exact) mass is 282 g/mol. The third-order valence-corrected chi connectivity index (χ3v) is 4.81. The summed E-state index contributed by atoms with van der Waals surface area (Å²) in [7, 11) is 0. The van der Waals surface area contributed by atoms with Crippen LogP contribution >= 0.6 is 0 Å². The highest BCUT2D eigenvalue weighted by Crippen LogP contribution is 2.33. The van der Waals surface area contributed by atoms with Crippen molar-refractivity contribution in [3.8, 4) is 0 Å². The first-order chi connectivity index (χ1) is 9.65. The summed E-state index contributed by atoms with van der Waals surface area (Å²) in [5.41, 5.74) is 0. The van der Waals surface area contributed by atoms with Crippen LogP contribution in [0.1, 0.15) is 32.1 Å². The van der Waals surface area contributed by atoms with Crippen LogP contribution in [0, 0.1) is 5.92 Å². The molecule has 20 heavy (non-hydrogen) atoms. The van der Waals surface area contributed by atoms with Gasteiger partial charge >= 0.3 is 5.97 Å². The molecule has 1 amide bonds. The first kappa shape index (κ1) is 13.8. The number of fused-ring (bicyclic) bond motifs is 1. The zero-order valence-corrected chi connectivity index (χ0v) is 11.6. The molecule has 0 aromatic rings. The molecule has 112 valence electrons. The lowest BCUT2D eigenvalue weighted by Crippen LogP contribution is -2.53. The van der Waals surface area contributed by atoms with E-state index in [1.165, 1.54) is 19.3 Å². The van der Waals surface area contributed by atoms with E-state index in [2.05, 4.69) is 5.32 Å². The van der Waals surface area contributed by atoms with Gasteiger partial charge in [-0.3, -0.25) is 4.79 Å². The molecule has 0 aromatic carbocycles. The summed E-state index contributed by atoms with van der Waals surface area (Å²) in [5, 5.41) is 12.4. The number of nitrogens with zero attached hydrogens (tertiary/aromatic N) is 1. The van der Waals surface area contributed by atoms with Gasteiger partial charge in [0.15, 0.2) is 6.10 Å². The number of nitrogens with one attached hydrogen (secondary N) is 1. The van der Waals surface area contributed by atoms with Gasteiger partial charge in [-0.1, -0.05) is 12.8 Å². The van der Waals surface area contributed by atoms with Crippen molar-refractivity contribution in [1.82, 2.24) is 10.2 Å². The second kappa shape index (κ2) is 5.69. The summed E-state index contributed by atoms with van der Waals surface area (Å²) >= 11 is 0. The van der Waals surface area contributed by atoms with E-state index in [1.807, 2.05) is 0 Å². The summed E-state index contributed by atoms with van der Waals surface area (Å²) < 4.78 is 5.16. The van der Waals surface area contributed by atoms with Crippen LogP contribution in [0.15, 0.2) is 0 Å². The number of hydrogen-bond donors (Lipinski definition) is 2. The van der Waals surface area contributed by atoms with Gasteiger partial charge in [-0.25, -0.2) is 4.79 Å². The molecule has 4 atom stereocenters. The van der Waals surface area contributed by atoms with E-state index in [0.717, 1.165) is 12.8 Å². The van der Waals surface area contributed by atoms with E-state index in [4.69, 9.17) is 9.84 Å². The molecule has 0 bridgehead atoms. The number of carboxylic acids is 1. The molecule has 0 aromatic heterocycles. The van der Waals surface area contributed by atoms with Crippen LogP contribution in [0.25, 0.3) is 0 Å². The van der Waals surface area contributed by atoms with Crippen LogP contribution in [0.5, 0.6) is 0 Å². The zero-order valence-electron chi connectivity index (χ0n) is 11.6. The maximum Gasteiger partial charge on any atom is 0.334 e. The minimum atomic E-state index is -0.990. The van der Waals surface area contributed by atoms with E-state index in [-0.39, 0.29) is 18.5 Å². The number of carbonyl (C=O) groups is 2. The van der Waals surface area contributed by atoms with Crippen LogP contribution in [-0.4, -0.2) is 59.8 Å². The van der Waals surface area contributed by atoms with Crippen LogP contribution in [-0.2, 0) is 14.3 Å². The lowest BCUT2D eigenvalue weighted by Gasteiger charge is -2.32. The summed E-state index contributed by atoms with van der Waals surface area (Å²) in [6.45, 7) is 0.972. The highest BCUT2D eigenvalue weighted by molar-refractivity contribution is 5.83. The average Bonchev–Trinajstić information content (AvgIpc) is 2.90. The number of carboxylic acid groups (broad SMARTS) is 1. The van der Waals surface area contributed by atoms with E-state index >= 15 is 0 Å². The number of carbonyl (C=O) groups excluding carboxylic acids is 1. The number of aliphatic carboxylic acids is 1. The molecule has 3 rings (SSSR count). The Morgan fingerprint density at radius 1 is 1.25 bits per heavy atom. The molecule has 4 unspecified atom stereocenters. The lowest BCUT2D eigenvalue weighted by atomic mass is 9.85. The quantitative estimate of drug-likeness (QED) is 0.757. The molecule has 2 aliphatic heterocycles. The predicted octanol–water partition coefficient (Wildman–Crippen LogP) is 0.219. The first-order valence-electron chi connectivity index (χ1n) is 7.54. The Balaban J connectivity index is 1.60. The number of hydrogen-bond acceptors (Lipinski definition) is 4. The van der Waals surface area contributed by atoms with E-state index in [9.17, 15) is 9.59 Å². The fourth-order valence-electron chi connectivity index (χ4n) is 3.73. The van der Waals surface area contributed by atoms with Crippen molar-refractivity contribution in [2.75, 3.05) is 19.7 Å². The molecule has 3 fully saturated rings. The molecule has 2 saturated heterocycles. The van der Waals surface area contributed by atoms with Gasteiger partial charge < -0.3 is 20.1 Å². The van der Waals surface area contributed by atoms with Crippen molar-refractivity contribution in [2.24, 2.45) is 5.92 Å². The smallest absolute Gasteiger partial charge is 0.334 e. The third-order valence-electron chi connectivity index (χ3n) is 4.81. The maximum absolute atomic E-state index is 12.5. The van der Waals surface area contributed by atoms with Gasteiger partial charge in [0.2, 0.25) is 5.91 Å². The van der Waals surface area contributed by atoms with E-state index < -0.39 is 12.1 Å². The van der Waals surface area contributed by atoms with Gasteiger partial charge in [0.1, 0.15) is 0 Å². The summed E-state index contributed by atoms with van der Waals surface area (Å²) in [4.78, 5) is 25.1. The number of ether oxygens (including phenoxy) is 1. The van der Waals surface area contributed by atoms with Crippen LogP contribution < -0.4 is 5.32 Å². The van der Waals surface area contributed by atoms with Crippen molar-refractivity contribution in [3.63, 3.8) is 0 Å². The van der Waals surface area contributed by atoms with E-state index in [0.29, 0.717) is 25.1 Å². The Kier molecular flexibility index (Phi) is 3.94. The third kappa shape index (κ3) is 2.67. The Morgan fingerprint density at radius 3 is 2.80 bits per heavy atom. The van der Waals surface area contributed by atoms with Crippen molar-refractivity contribution >= 4 is 11.9 Å². The second-order valence-corrected chi connectivity index (χ2v) is 6.09. The highest BCUT2D eigenvalue weighted by Gasteiger charge is 2.41. The summed E-state index contributed by atoms with van der Waals surface area (Å²) in [6.07, 6.45) is 4.91. The Bertz CT molecular complexity index is 387. The van der Waals surface area contributed by atoms with Crippen LogP contribution in [0.2, 0.25) is 0 Å². The van der Waals surface area contributed by atoms with Gasteiger partial charge in [0.25, 0.3) is 0 Å². The van der Waals surface area contributed by atoms with Gasteiger partial charge in [-0.2, -0.15) is 0 Å². The number of rotatable bonds is 2. The minimum Gasteiger partial charge on any atom is -0.479 e. The molecular weight excluding hydrogens is 260 g/mol. The molecule has 6 heteroatoms. The fraction of sp³-hybridized carbons (Fsp3) is 0.857. The van der Waals surface area contributed by atoms with Crippen LogP contribution in [0.4, 0.5) is 0 Å². The Morgan fingerprint density at radius 2 is 2.05 bits per heavy atom. The molecule has 6 nitrogen and oxygen atoms in total. The van der Waals surface area contributed by atoms with Gasteiger partial charge in [-0.15, -0.1) is 0 Å². The molecule has 1 aliphatic carbocycles. The van der Waals surface area contributed by atoms with Gasteiger partial charge in [-0.05, 0) is 25.2 Å². The van der Waals surface area contributed by atoms with Crippen molar-refractivity contribution < 1.29 is 19.4 Å².